The van der Waals surface area contributed by atoms with Crippen LogP contribution < -0.4 is 15.0 Å². The fraction of sp³-hybridized carbons (Fsp3) is 0.348. The Hall–Kier alpha value is -3.11. The van der Waals surface area contributed by atoms with Crippen molar-refractivity contribution in [2.75, 3.05) is 48.7 Å². The second kappa shape index (κ2) is 11.2. The number of nitrogens with zero attached hydrogens (tertiary/aromatic N) is 4. The molecule has 1 aromatic heterocycles. The van der Waals surface area contributed by atoms with E-state index in [1.165, 1.54) is 30.0 Å². The zero-order valence-electron chi connectivity index (χ0n) is 18.4. The number of amides is 1. The summed E-state index contributed by atoms with van der Waals surface area (Å²) in [6, 6.07) is 13.6. The van der Waals surface area contributed by atoms with E-state index in [9.17, 15) is 9.18 Å². The second-order valence-corrected chi connectivity index (χ2v) is 8.44. The first-order valence-electron chi connectivity index (χ1n) is 10.8. The molecule has 1 aliphatic heterocycles. The van der Waals surface area contributed by atoms with Crippen molar-refractivity contribution in [3.8, 4) is 5.75 Å². The summed E-state index contributed by atoms with van der Waals surface area (Å²) >= 11 is 1.15. The number of hydrogen-bond donors (Lipinski definition) is 1. The number of aromatic nitrogens is 2. The van der Waals surface area contributed by atoms with E-state index in [2.05, 4.69) is 32.2 Å². The smallest absolute Gasteiger partial charge is 0.277 e. The molecule has 4 rings (SSSR count). The van der Waals surface area contributed by atoms with Gasteiger partial charge in [-0.3, -0.25) is 4.79 Å². The molecule has 1 fully saturated rings. The number of ether oxygens (including phenoxy) is 1. The van der Waals surface area contributed by atoms with Crippen LogP contribution in [0.2, 0.25) is 0 Å². The number of piperazine rings is 1. The average molecular weight is 472 g/mol. The van der Waals surface area contributed by atoms with Crippen molar-refractivity contribution >= 4 is 29.0 Å². The monoisotopic (exact) mass is 471 g/mol. The lowest BCUT2D eigenvalue weighted by Crippen LogP contribution is -2.46. The first-order chi connectivity index (χ1) is 16.1. The number of carbonyl (C=O) groups is 1. The third-order valence-electron chi connectivity index (χ3n) is 5.29. The summed E-state index contributed by atoms with van der Waals surface area (Å²) in [7, 11) is 0. The minimum atomic E-state index is -0.335. The molecule has 33 heavy (non-hydrogen) atoms. The van der Waals surface area contributed by atoms with Gasteiger partial charge in [-0.05, 0) is 55.1 Å². The summed E-state index contributed by atoms with van der Waals surface area (Å²) in [5, 5.41) is 11.0. The van der Waals surface area contributed by atoms with Crippen molar-refractivity contribution in [3.63, 3.8) is 0 Å². The van der Waals surface area contributed by atoms with Gasteiger partial charge in [-0.15, -0.1) is 10.2 Å². The van der Waals surface area contributed by atoms with Gasteiger partial charge >= 0.3 is 0 Å². The highest BCUT2D eigenvalue weighted by Crippen LogP contribution is 2.21. The predicted molar refractivity (Wildman–Crippen MR) is 125 cm³/mol. The topological polar surface area (TPSA) is 83.7 Å². The van der Waals surface area contributed by atoms with E-state index in [4.69, 9.17) is 9.15 Å². The summed E-state index contributed by atoms with van der Waals surface area (Å²) in [4.78, 5) is 17.1. The van der Waals surface area contributed by atoms with Crippen LogP contribution in [0.5, 0.6) is 5.75 Å². The largest absolute Gasteiger partial charge is 0.484 e. The lowest BCUT2D eigenvalue weighted by Gasteiger charge is -2.35. The molecule has 0 aliphatic carbocycles. The van der Waals surface area contributed by atoms with Gasteiger partial charge in [0.15, 0.2) is 6.61 Å². The number of likely N-dealkylation sites (N-methyl/N-ethyl adjacent to an activating group) is 1. The molecule has 0 spiro atoms. The Balaban J connectivity index is 1.20. The van der Waals surface area contributed by atoms with E-state index < -0.39 is 0 Å². The van der Waals surface area contributed by atoms with Gasteiger partial charge in [-0.1, -0.05) is 18.7 Å². The Morgan fingerprint density at radius 2 is 1.82 bits per heavy atom. The number of anilines is 2. The Labute approximate surface area is 196 Å². The number of nitrogens with one attached hydrogen (secondary N) is 1. The van der Waals surface area contributed by atoms with Crippen molar-refractivity contribution < 1.29 is 18.3 Å². The molecule has 0 saturated carbocycles. The number of benzene rings is 2. The maximum atomic E-state index is 12.9. The van der Waals surface area contributed by atoms with Gasteiger partial charge in [0.05, 0.1) is 5.75 Å². The number of thioether (sulfide) groups is 1. The maximum Gasteiger partial charge on any atom is 0.277 e. The van der Waals surface area contributed by atoms with E-state index >= 15 is 0 Å². The fourth-order valence-electron chi connectivity index (χ4n) is 3.43. The molecule has 1 amide bonds. The van der Waals surface area contributed by atoms with E-state index in [1.807, 2.05) is 24.3 Å². The molecule has 3 aromatic rings. The third kappa shape index (κ3) is 6.69. The van der Waals surface area contributed by atoms with Crippen molar-refractivity contribution in [2.24, 2.45) is 0 Å². The van der Waals surface area contributed by atoms with Crippen LogP contribution in [0.15, 0.2) is 58.2 Å². The lowest BCUT2D eigenvalue weighted by molar-refractivity contribution is -0.113. The first-order valence-corrected chi connectivity index (χ1v) is 11.8. The molecule has 174 valence electrons. The van der Waals surface area contributed by atoms with Crippen LogP contribution in [-0.4, -0.2) is 59.5 Å². The average Bonchev–Trinajstić information content (AvgIpc) is 3.31. The first kappa shape index (κ1) is 23.1. The van der Waals surface area contributed by atoms with Crippen LogP contribution in [0.4, 0.5) is 15.8 Å². The molecular formula is C23H26FN5O3S. The van der Waals surface area contributed by atoms with Crippen molar-refractivity contribution in [1.29, 1.82) is 0 Å². The van der Waals surface area contributed by atoms with Gasteiger partial charge in [-0.2, -0.15) is 0 Å². The standard InChI is InChI=1S/C23H26FN5O3S/c1-2-28-11-13-29(14-12-28)19-7-5-18(6-8-19)25-21(30)16-33-23-27-26-22(32-23)15-31-20-9-3-17(24)4-10-20/h3-10H,2,11-16H2,1H3,(H,25,30). The van der Waals surface area contributed by atoms with Gasteiger partial charge in [0.1, 0.15) is 11.6 Å². The summed E-state index contributed by atoms with van der Waals surface area (Å²) in [5.41, 5.74) is 1.91. The van der Waals surface area contributed by atoms with Crippen LogP contribution in [0.25, 0.3) is 0 Å². The highest BCUT2D eigenvalue weighted by molar-refractivity contribution is 7.99. The number of rotatable bonds is 9. The molecule has 1 aliphatic rings. The highest BCUT2D eigenvalue weighted by Gasteiger charge is 2.16. The summed E-state index contributed by atoms with van der Waals surface area (Å²) in [6.07, 6.45) is 0. The Bertz CT molecular complexity index is 1040. The molecular weight excluding hydrogens is 445 g/mol. The molecule has 10 heteroatoms. The number of halogens is 1. The van der Waals surface area contributed by atoms with Gasteiger partial charge in [0.2, 0.25) is 5.91 Å². The molecule has 2 heterocycles. The molecule has 0 unspecified atom stereocenters. The molecule has 8 nitrogen and oxygen atoms in total. The molecule has 2 aromatic carbocycles. The van der Waals surface area contributed by atoms with Crippen molar-refractivity contribution in [1.82, 2.24) is 15.1 Å². The van der Waals surface area contributed by atoms with Gasteiger partial charge < -0.3 is 24.3 Å². The fourth-order valence-corrected chi connectivity index (χ4v) is 4.01. The lowest BCUT2D eigenvalue weighted by atomic mass is 10.2. The zero-order chi connectivity index (χ0) is 23.0. The Morgan fingerprint density at radius 1 is 1.09 bits per heavy atom. The Kier molecular flexibility index (Phi) is 7.79. The van der Waals surface area contributed by atoms with Crippen molar-refractivity contribution in [2.45, 2.75) is 18.8 Å². The van der Waals surface area contributed by atoms with E-state index in [-0.39, 0.29) is 35.2 Å². The van der Waals surface area contributed by atoms with Crippen LogP contribution in [0.1, 0.15) is 12.8 Å². The van der Waals surface area contributed by atoms with Gasteiger partial charge in [0, 0.05) is 37.6 Å². The predicted octanol–water partition coefficient (Wildman–Crippen LogP) is 3.66. The van der Waals surface area contributed by atoms with Gasteiger partial charge in [-0.25, -0.2) is 4.39 Å². The Morgan fingerprint density at radius 3 is 2.52 bits per heavy atom. The SMILES string of the molecule is CCN1CCN(c2ccc(NC(=O)CSc3nnc(COc4ccc(F)cc4)o3)cc2)CC1. The number of carbonyl (C=O) groups excluding carboxylic acids is 1. The molecule has 0 bridgehead atoms. The van der Waals surface area contributed by atoms with Crippen molar-refractivity contribution in [3.05, 3.63) is 60.2 Å². The van der Waals surface area contributed by atoms with Gasteiger partial charge in [0.25, 0.3) is 11.1 Å². The second-order valence-electron chi connectivity index (χ2n) is 7.51. The van der Waals surface area contributed by atoms with Crippen LogP contribution in [0.3, 0.4) is 0 Å². The number of hydrogen-bond acceptors (Lipinski definition) is 8. The van der Waals surface area contributed by atoms with E-state index in [0.29, 0.717) is 5.75 Å². The van der Waals surface area contributed by atoms with Crippen LogP contribution >= 0.6 is 11.8 Å². The summed E-state index contributed by atoms with van der Waals surface area (Å²) in [5.74, 6) is 0.418. The minimum absolute atomic E-state index is 0.0607. The summed E-state index contributed by atoms with van der Waals surface area (Å²) < 4.78 is 23.9. The quantitative estimate of drug-likeness (QED) is 0.474. The zero-order valence-corrected chi connectivity index (χ0v) is 19.2. The molecule has 0 radical (unpaired) electrons. The third-order valence-corrected chi connectivity index (χ3v) is 6.11. The van der Waals surface area contributed by atoms with E-state index in [1.54, 1.807) is 0 Å². The van der Waals surface area contributed by atoms with Crippen LogP contribution in [0, 0.1) is 5.82 Å². The molecule has 1 N–H and O–H groups in total. The van der Waals surface area contributed by atoms with Crippen LogP contribution in [-0.2, 0) is 11.4 Å². The normalized spacial score (nSPS) is 14.3. The molecule has 1 saturated heterocycles. The highest BCUT2D eigenvalue weighted by atomic mass is 32.2. The molecule has 0 atom stereocenters. The minimum Gasteiger partial charge on any atom is -0.484 e. The summed E-state index contributed by atoms with van der Waals surface area (Å²) in [6.45, 7) is 7.50. The maximum absolute atomic E-state index is 12.9. The van der Waals surface area contributed by atoms with E-state index in [0.717, 1.165) is 50.2 Å².